The van der Waals surface area contributed by atoms with Crippen molar-refractivity contribution in [1.29, 1.82) is 0 Å². The van der Waals surface area contributed by atoms with Gasteiger partial charge in [-0.05, 0) is 103 Å². The van der Waals surface area contributed by atoms with Crippen LogP contribution in [0.2, 0.25) is 10.0 Å². The number of phenolic OH excluding ortho intramolecular Hbond substituents is 1. The van der Waals surface area contributed by atoms with Crippen LogP contribution in [0.3, 0.4) is 0 Å². The van der Waals surface area contributed by atoms with Crippen molar-refractivity contribution in [1.82, 2.24) is 5.01 Å². The first-order valence-corrected chi connectivity index (χ1v) is 19.7. The molecular formula is C46H34Cl2FN3O7. The Morgan fingerprint density at radius 3 is 2.19 bits per heavy atom. The fourth-order valence-electron chi connectivity index (χ4n) is 9.72. The van der Waals surface area contributed by atoms with Gasteiger partial charge in [-0.15, -0.1) is 0 Å². The van der Waals surface area contributed by atoms with E-state index in [0.717, 1.165) is 9.91 Å². The number of aromatic hydroxyl groups is 1. The number of hydrazine groups is 1. The van der Waals surface area contributed by atoms with E-state index in [-0.39, 0.29) is 40.8 Å². The number of ketones is 1. The van der Waals surface area contributed by atoms with Gasteiger partial charge in [0.2, 0.25) is 11.8 Å². The number of carbonyl (C=O) groups excluding carboxylic acids is 5. The van der Waals surface area contributed by atoms with E-state index in [1.807, 2.05) is 12.1 Å². The fourth-order valence-corrected chi connectivity index (χ4v) is 10.1. The number of ether oxygens (including phenoxy) is 1. The Kier molecular flexibility index (Phi) is 9.40. The predicted molar refractivity (Wildman–Crippen MR) is 218 cm³/mol. The second kappa shape index (κ2) is 14.5. The number of rotatable bonds is 8. The van der Waals surface area contributed by atoms with Crippen molar-refractivity contribution in [3.8, 4) is 11.5 Å². The molecule has 2 heterocycles. The highest BCUT2D eigenvalue weighted by atomic mass is 35.5. The number of fused-ring (bicyclic) bond motifs is 4. The second-order valence-corrected chi connectivity index (χ2v) is 16.0. The van der Waals surface area contributed by atoms with Crippen LogP contribution >= 0.6 is 23.2 Å². The molecule has 6 unspecified atom stereocenters. The number of amides is 4. The van der Waals surface area contributed by atoms with Crippen LogP contribution in [0.1, 0.15) is 45.8 Å². The van der Waals surface area contributed by atoms with Gasteiger partial charge in [0.1, 0.15) is 5.82 Å². The van der Waals surface area contributed by atoms with E-state index in [0.29, 0.717) is 38.5 Å². The van der Waals surface area contributed by atoms with Crippen molar-refractivity contribution in [2.45, 2.75) is 24.2 Å². The van der Waals surface area contributed by atoms with E-state index in [4.69, 9.17) is 27.9 Å². The summed E-state index contributed by atoms with van der Waals surface area (Å²) >= 11 is 13.0. The maximum Gasteiger partial charge on any atom is 0.260 e. The van der Waals surface area contributed by atoms with Crippen molar-refractivity contribution in [3.63, 3.8) is 0 Å². The zero-order chi connectivity index (χ0) is 41.3. The molecule has 2 saturated heterocycles. The summed E-state index contributed by atoms with van der Waals surface area (Å²) in [5.41, 5.74) is 4.27. The number of phenols is 1. The number of methoxy groups -OCH3 is 1. The third-order valence-electron chi connectivity index (χ3n) is 12.3. The molecule has 5 aromatic carbocycles. The number of allylic oxidation sites excluding steroid dienone is 2. The molecule has 2 N–H and O–H groups in total. The molecule has 3 fully saturated rings. The third-order valence-corrected chi connectivity index (χ3v) is 12.8. The molecule has 4 aliphatic rings. The minimum atomic E-state index is -1.67. The molecule has 1 saturated carbocycles. The quantitative estimate of drug-likeness (QED) is 0.0908. The van der Waals surface area contributed by atoms with E-state index in [2.05, 4.69) is 5.43 Å². The first-order chi connectivity index (χ1) is 28.4. The normalized spacial score (nSPS) is 24.7. The van der Waals surface area contributed by atoms with Gasteiger partial charge in [-0.25, -0.2) is 4.39 Å². The maximum absolute atomic E-state index is 15.4. The molecule has 13 heteroatoms. The summed E-state index contributed by atoms with van der Waals surface area (Å²) in [4.78, 5) is 73.7. The van der Waals surface area contributed by atoms with E-state index >= 15 is 4.79 Å². The smallest absolute Gasteiger partial charge is 0.260 e. The van der Waals surface area contributed by atoms with Crippen molar-refractivity contribution < 1.29 is 38.2 Å². The zero-order valence-electron chi connectivity index (χ0n) is 31.3. The molecule has 5 aromatic rings. The van der Waals surface area contributed by atoms with E-state index in [9.17, 15) is 28.7 Å². The fraction of sp³-hybridized carbons (Fsp3) is 0.196. The summed E-state index contributed by atoms with van der Waals surface area (Å²) in [7, 11) is 1.36. The van der Waals surface area contributed by atoms with Crippen molar-refractivity contribution in [3.05, 3.63) is 165 Å². The van der Waals surface area contributed by atoms with Gasteiger partial charge in [0, 0.05) is 22.1 Å². The minimum absolute atomic E-state index is 0.0125. The molecule has 10 nitrogen and oxygen atoms in total. The first-order valence-electron chi connectivity index (χ1n) is 18.9. The lowest BCUT2D eigenvalue weighted by atomic mass is 9.49. The lowest BCUT2D eigenvalue weighted by molar-refractivity contribution is -0.138. The van der Waals surface area contributed by atoms with Gasteiger partial charge >= 0.3 is 0 Å². The molecule has 0 radical (unpaired) electrons. The molecule has 2 aliphatic carbocycles. The lowest BCUT2D eigenvalue weighted by Crippen LogP contribution is -2.53. The molecule has 296 valence electrons. The van der Waals surface area contributed by atoms with Gasteiger partial charge in [0.15, 0.2) is 17.3 Å². The van der Waals surface area contributed by atoms with Crippen molar-refractivity contribution in [2.75, 3.05) is 17.4 Å². The molecule has 0 spiro atoms. The number of hydrogen-bond donors (Lipinski definition) is 2. The second-order valence-electron chi connectivity index (χ2n) is 15.2. The Balaban J connectivity index is 1.17. The molecule has 2 aliphatic heterocycles. The van der Waals surface area contributed by atoms with E-state index in [1.54, 1.807) is 78.9 Å². The van der Waals surface area contributed by atoms with Crippen LogP contribution in [0.25, 0.3) is 0 Å². The third kappa shape index (κ3) is 5.93. The molecule has 4 amide bonds. The largest absolute Gasteiger partial charge is 0.503 e. The zero-order valence-corrected chi connectivity index (χ0v) is 32.8. The van der Waals surface area contributed by atoms with Gasteiger partial charge in [0.25, 0.3) is 11.8 Å². The average molecular weight is 831 g/mol. The van der Waals surface area contributed by atoms with E-state index in [1.165, 1.54) is 37.4 Å². The summed E-state index contributed by atoms with van der Waals surface area (Å²) in [6, 6.07) is 30.0. The number of nitrogens with zero attached hydrogens (tertiary/aromatic N) is 2. The van der Waals surface area contributed by atoms with Crippen LogP contribution in [0, 0.1) is 29.5 Å². The first kappa shape index (κ1) is 38.2. The van der Waals surface area contributed by atoms with Crippen LogP contribution < -0.4 is 15.1 Å². The Morgan fingerprint density at radius 2 is 1.51 bits per heavy atom. The molecule has 0 bridgehead atoms. The van der Waals surface area contributed by atoms with Crippen LogP contribution in [0.15, 0.2) is 127 Å². The Bertz CT molecular complexity index is 2600. The number of halogens is 3. The van der Waals surface area contributed by atoms with Gasteiger partial charge in [-0.2, -0.15) is 5.01 Å². The summed E-state index contributed by atoms with van der Waals surface area (Å²) in [5.74, 6) is -7.56. The topological polar surface area (TPSA) is 133 Å². The SMILES string of the molecule is COc1cc(C2C3=CCC4C(=O)N(c5ccc(C(=O)c6ccccc6)cc5)C(=O)C4C3CC3C(=O)N(Nc4ccc(F)cc4)C(=O)C32c2ccc(Cl)cc2)cc(Cl)c1O. The number of imide groups is 2. The summed E-state index contributed by atoms with van der Waals surface area (Å²) < 4.78 is 19.5. The number of nitrogens with one attached hydrogen (secondary N) is 1. The molecule has 59 heavy (non-hydrogen) atoms. The Morgan fingerprint density at radius 1 is 0.831 bits per heavy atom. The summed E-state index contributed by atoms with van der Waals surface area (Å²) in [5, 5.41) is 12.1. The standard InChI is InChI=1S/C46H34Cl2FN3O7/c1-59-37-22-26(21-36(48)41(37)54)39-32-19-20-33-38(44(57)51(42(33)55)31-17-7-25(8-18-31)40(53)24-5-3-2-4-6-24)34(32)23-35-43(56)52(50-30-15-13-29(49)14-16-30)45(58)46(35,39)27-9-11-28(47)12-10-27/h2-19,21-22,33-35,38-39,50,54H,20,23H2,1H3. The minimum Gasteiger partial charge on any atom is -0.503 e. The van der Waals surface area contributed by atoms with Gasteiger partial charge < -0.3 is 9.84 Å². The maximum atomic E-state index is 15.4. The van der Waals surface area contributed by atoms with Crippen LogP contribution in [0.5, 0.6) is 11.5 Å². The summed E-state index contributed by atoms with van der Waals surface area (Å²) in [6.45, 7) is 0. The molecule has 6 atom stereocenters. The number of benzene rings is 5. The van der Waals surface area contributed by atoms with Crippen LogP contribution in [-0.4, -0.2) is 46.6 Å². The highest BCUT2D eigenvalue weighted by Crippen LogP contribution is 2.65. The van der Waals surface area contributed by atoms with Crippen molar-refractivity contribution in [2.24, 2.45) is 23.7 Å². The number of carbonyl (C=O) groups is 5. The lowest BCUT2D eigenvalue weighted by Gasteiger charge is -2.50. The van der Waals surface area contributed by atoms with Crippen molar-refractivity contribution >= 4 is 64.0 Å². The van der Waals surface area contributed by atoms with Gasteiger partial charge in [-0.3, -0.25) is 34.3 Å². The van der Waals surface area contributed by atoms with E-state index < -0.39 is 64.5 Å². The van der Waals surface area contributed by atoms with Gasteiger partial charge in [-0.1, -0.05) is 77.3 Å². The Hall–Kier alpha value is -6.30. The highest BCUT2D eigenvalue weighted by molar-refractivity contribution is 6.32. The van der Waals surface area contributed by atoms with Crippen LogP contribution in [-0.2, 0) is 24.6 Å². The predicted octanol–water partition coefficient (Wildman–Crippen LogP) is 8.27. The number of anilines is 2. The summed E-state index contributed by atoms with van der Waals surface area (Å²) in [6.07, 6.45) is 2.06. The molecular weight excluding hydrogens is 796 g/mol. The molecule has 0 aromatic heterocycles. The number of hydrogen-bond acceptors (Lipinski definition) is 8. The average Bonchev–Trinajstić information content (AvgIpc) is 3.63. The highest BCUT2D eigenvalue weighted by Gasteiger charge is 2.70. The molecule has 9 rings (SSSR count). The van der Waals surface area contributed by atoms with Gasteiger partial charge in [0.05, 0.1) is 46.7 Å². The van der Waals surface area contributed by atoms with Crippen LogP contribution in [0.4, 0.5) is 15.8 Å². The monoisotopic (exact) mass is 829 g/mol. The Labute approximate surface area is 347 Å².